The molecule has 0 radical (unpaired) electrons. The average molecular weight is 246 g/mol. The molecule has 0 aliphatic heterocycles. The number of ether oxygens (including phenoxy) is 2. The van der Waals surface area contributed by atoms with E-state index in [1.54, 1.807) is 0 Å². The molecule has 0 spiro atoms. The third kappa shape index (κ3) is 6.44. The van der Waals surface area contributed by atoms with Gasteiger partial charge in [0.25, 0.3) is 0 Å². The maximum atomic E-state index is 5.35. The van der Waals surface area contributed by atoms with Crippen LogP contribution in [0.25, 0.3) is 0 Å². The first-order chi connectivity index (χ1) is 8.86. The van der Waals surface area contributed by atoms with Gasteiger partial charge in [-0.25, -0.2) is 0 Å². The molecular weight excluding hydrogens is 224 g/mol. The second-order valence-electron chi connectivity index (χ2n) is 3.90. The summed E-state index contributed by atoms with van der Waals surface area (Å²) in [4.78, 5) is 0. The molecule has 1 aromatic rings. The zero-order valence-electron chi connectivity index (χ0n) is 11.3. The minimum Gasteiger partial charge on any atom is -0.342 e. The minimum atomic E-state index is -0.364. The summed E-state index contributed by atoms with van der Waals surface area (Å²) >= 11 is 0. The van der Waals surface area contributed by atoms with Crippen LogP contribution < -0.4 is 0 Å². The highest BCUT2D eigenvalue weighted by Gasteiger charge is 2.00. The van der Waals surface area contributed by atoms with E-state index in [4.69, 9.17) is 9.47 Å². The van der Waals surface area contributed by atoms with Crippen LogP contribution in [0.1, 0.15) is 32.3 Å². The normalized spacial score (nSPS) is 10.2. The van der Waals surface area contributed by atoms with Crippen molar-refractivity contribution in [1.29, 1.82) is 0 Å². The maximum absolute atomic E-state index is 5.35. The number of hydrogen-bond acceptors (Lipinski definition) is 2. The van der Waals surface area contributed by atoms with Crippen molar-refractivity contribution in [3.63, 3.8) is 0 Å². The van der Waals surface area contributed by atoms with Gasteiger partial charge in [-0.15, -0.1) is 0 Å². The molecule has 0 atom stereocenters. The van der Waals surface area contributed by atoms with Crippen molar-refractivity contribution in [3.8, 4) is 11.8 Å². The van der Waals surface area contributed by atoms with Crippen LogP contribution in [0.4, 0.5) is 0 Å². The Balaban J connectivity index is 2.24. The summed E-state index contributed by atoms with van der Waals surface area (Å²) in [5.41, 5.74) is 1.37. The van der Waals surface area contributed by atoms with Crippen LogP contribution in [0.3, 0.4) is 0 Å². The number of rotatable bonds is 7. The van der Waals surface area contributed by atoms with Gasteiger partial charge in [-0.3, -0.25) is 0 Å². The summed E-state index contributed by atoms with van der Waals surface area (Å²) in [6.07, 6.45) is 2.66. The molecule has 1 rings (SSSR count). The highest BCUT2D eigenvalue weighted by molar-refractivity contribution is 5.15. The first-order valence-corrected chi connectivity index (χ1v) is 6.62. The fraction of sp³-hybridized carbons (Fsp3) is 0.500. The summed E-state index contributed by atoms with van der Waals surface area (Å²) in [5, 5.41) is 0. The van der Waals surface area contributed by atoms with Crippen molar-refractivity contribution in [2.24, 2.45) is 0 Å². The predicted molar refractivity (Wildman–Crippen MR) is 74.2 cm³/mol. The van der Waals surface area contributed by atoms with E-state index in [0.717, 1.165) is 19.3 Å². The Kier molecular flexibility index (Phi) is 7.96. The second kappa shape index (κ2) is 9.70. The van der Waals surface area contributed by atoms with Gasteiger partial charge < -0.3 is 9.47 Å². The van der Waals surface area contributed by atoms with Crippen molar-refractivity contribution in [1.82, 2.24) is 0 Å². The van der Waals surface area contributed by atoms with Crippen molar-refractivity contribution in [2.45, 2.75) is 39.4 Å². The van der Waals surface area contributed by atoms with E-state index < -0.39 is 0 Å². The van der Waals surface area contributed by atoms with Gasteiger partial charge in [-0.2, -0.15) is 0 Å². The second-order valence-corrected chi connectivity index (χ2v) is 3.90. The summed E-state index contributed by atoms with van der Waals surface area (Å²) in [6.45, 7) is 5.15. The van der Waals surface area contributed by atoms with Crippen LogP contribution in [0.5, 0.6) is 0 Å². The zero-order chi connectivity index (χ0) is 13.1. The topological polar surface area (TPSA) is 18.5 Å². The maximum Gasteiger partial charge on any atom is 0.222 e. The molecule has 2 heteroatoms. The lowest BCUT2D eigenvalue weighted by Gasteiger charge is -2.09. The van der Waals surface area contributed by atoms with Crippen LogP contribution >= 0.6 is 0 Å². The molecule has 0 aromatic heterocycles. The smallest absolute Gasteiger partial charge is 0.222 e. The number of aryl methyl sites for hydroxylation is 1. The van der Waals surface area contributed by atoms with Crippen LogP contribution in [0.15, 0.2) is 30.3 Å². The van der Waals surface area contributed by atoms with E-state index >= 15 is 0 Å². The van der Waals surface area contributed by atoms with Crippen LogP contribution in [0.2, 0.25) is 0 Å². The van der Waals surface area contributed by atoms with Gasteiger partial charge in [0.1, 0.15) is 0 Å². The zero-order valence-corrected chi connectivity index (χ0v) is 11.3. The summed E-state index contributed by atoms with van der Waals surface area (Å²) in [6, 6.07) is 10.5. The van der Waals surface area contributed by atoms with Crippen molar-refractivity contribution in [3.05, 3.63) is 35.9 Å². The van der Waals surface area contributed by atoms with Gasteiger partial charge in [-0.1, -0.05) is 36.3 Å². The van der Waals surface area contributed by atoms with Crippen LogP contribution in [0, 0.1) is 11.8 Å². The Labute approximate surface area is 110 Å². The highest BCUT2D eigenvalue weighted by Crippen LogP contribution is 2.04. The Bertz CT molecular complexity index is 356. The summed E-state index contributed by atoms with van der Waals surface area (Å²) in [7, 11) is 0. The van der Waals surface area contributed by atoms with Gasteiger partial charge in [-0.05, 0) is 38.2 Å². The molecule has 0 bridgehead atoms. The molecule has 2 nitrogen and oxygen atoms in total. The van der Waals surface area contributed by atoms with Crippen molar-refractivity contribution < 1.29 is 9.47 Å². The van der Waals surface area contributed by atoms with E-state index in [2.05, 4.69) is 36.1 Å². The quantitative estimate of drug-likeness (QED) is 0.417. The monoisotopic (exact) mass is 246 g/mol. The van der Waals surface area contributed by atoms with Gasteiger partial charge >= 0.3 is 0 Å². The average Bonchev–Trinajstić information content (AvgIpc) is 2.40. The van der Waals surface area contributed by atoms with E-state index in [1.807, 2.05) is 19.9 Å². The van der Waals surface area contributed by atoms with E-state index in [9.17, 15) is 0 Å². The lowest BCUT2D eigenvalue weighted by molar-refractivity contribution is -0.0970. The van der Waals surface area contributed by atoms with Gasteiger partial charge in [0.15, 0.2) is 0 Å². The van der Waals surface area contributed by atoms with Gasteiger partial charge in [0.2, 0.25) is 6.29 Å². The van der Waals surface area contributed by atoms with E-state index in [0.29, 0.717) is 13.2 Å². The molecular formula is C16H22O2. The molecule has 0 aliphatic rings. The fourth-order valence-corrected chi connectivity index (χ4v) is 1.62. The van der Waals surface area contributed by atoms with Crippen molar-refractivity contribution in [2.75, 3.05) is 13.2 Å². The van der Waals surface area contributed by atoms with Gasteiger partial charge in [0, 0.05) is 19.6 Å². The molecule has 0 saturated heterocycles. The van der Waals surface area contributed by atoms with Crippen LogP contribution in [-0.2, 0) is 15.9 Å². The largest absolute Gasteiger partial charge is 0.342 e. The van der Waals surface area contributed by atoms with E-state index in [-0.39, 0.29) is 6.29 Å². The molecule has 0 aliphatic carbocycles. The molecule has 0 amide bonds. The molecule has 18 heavy (non-hydrogen) atoms. The summed E-state index contributed by atoms with van der Waals surface area (Å²) < 4.78 is 10.7. The number of hydrogen-bond donors (Lipinski definition) is 0. The Morgan fingerprint density at radius 2 is 1.72 bits per heavy atom. The molecule has 0 N–H and O–H groups in total. The SMILES string of the molecule is CCOC(C#CCCCc1ccccc1)OCC. The minimum absolute atomic E-state index is 0.364. The highest BCUT2D eigenvalue weighted by atomic mass is 16.7. The predicted octanol–water partition coefficient (Wildman–Crippen LogP) is 3.41. The lowest BCUT2D eigenvalue weighted by atomic mass is 10.1. The first kappa shape index (κ1) is 14.8. The Morgan fingerprint density at radius 3 is 2.33 bits per heavy atom. The third-order valence-corrected chi connectivity index (χ3v) is 2.47. The lowest BCUT2D eigenvalue weighted by Crippen LogP contribution is -2.14. The fourth-order valence-electron chi connectivity index (χ4n) is 1.62. The molecule has 0 fully saturated rings. The van der Waals surface area contributed by atoms with Crippen molar-refractivity contribution >= 4 is 0 Å². The van der Waals surface area contributed by atoms with Gasteiger partial charge in [0.05, 0.1) is 0 Å². The molecule has 1 aromatic carbocycles. The Morgan fingerprint density at radius 1 is 1.06 bits per heavy atom. The standard InChI is InChI=1S/C16H22O2/c1-3-17-16(18-4-2)14-10-6-9-13-15-11-7-5-8-12-15/h5,7-8,11-12,16H,3-4,6,9,13H2,1-2H3. The van der Waals surface area contributed by atoms with E-state index in [1.165, 1.54) is 5.56 Å². The number of benzene rings is 1. The third-order valence-electron chi connectivity index (χ3n) is 2.47. The first-order valence-electron chi connectivity index (χ1n) is 6.62. The molecule has 0 unspecified atom stereocenters. The molecule has 98 valence electrons. The molecule has 0 saturated carbocycles. The Hall–Kier alpha value is -1.30. The molecule has 0 heterocycles. The summed E-state index contributed by atoms with van der Waals surface area (Å²) in [5.74, 6) is 6.14. The number of unbranched alkanes of at least 4 members (excludes halogenated alkanes) is 1. The van der Waals surface area contributed by atoms with Crippen LogP contribution in [-0.4, -0.2) is 19.5 Å².